The highest BCUT2D eigenvalue weighted by atomic mass is 16.5. The topological polar surface area (TPSA) is 74.7 Å². The van der Waals surface area contributed by atoms with E-state index in [1.807, 2.05) is 38.1 Å². The molecule has 0 aliphatic carbocycles. The van der Waals surface area contributed by atoms with E-state index in [0.717, 1.165) is 11.3 Å². The summed E-state index contributed by atoms with van der Waals surface area (Å²) in [6.45, 7) is 4.40. The number of aromatic hydroxyl groups is 1. The second-order valence-corrected chi connectivity index (χ2v) is 5.40. The van der Waals surface area contributed by atoms with Crippen LogP contribution in [0.5, 0.6) is 11.5 Å². The molecule has 0 unspecified atom stereocenters. The van der Waals surface area contributed by atoms with Crippen LogP contribution >= 0.6 is 0 Å². The lowest BCUT2D eigenvalue weighted by Crippen LogP contribution is -2.12. The van der Waals surface area contributed by atoms with Crippen molar-refractivity contribution in [2.45, 2.75) is 13.8 Å². The maximum Gasteiger partial charge on any atom is 0.261 e. The molecule has 2 aromatic carbocycles. The van der Waals surface area contributed by atoms with Crippen LogP contribution in [0.25, 0.3) is 10.9 Å². The minimum absolute atomic E-state index is 0.0541. The largest absolute Gasteiger partial charge is 0.506 e. The summed E-state index contributed by atoms with van der Waals surface area (Å²) in [5.74, 6) is 0.708. The zero-order valence-electron chi connectivity index (χ0n) is 13.5. The second-order valence-electron chi connectivity index (χ2n) is 5.40. The van der Waals surface area contributed by atoms with Gasteiger partial charge in [-0.05, 0) is 49.7 Å². The molecule has 2 N–H and O–H groups in total. The van der Waals surface area contributed by atoms with Gasteiger partial charge in [0.15, 0.2) is 0 Å². The molecule has 24 heavy (non-hydrogen) atoms. The van der Waals surface area contributed by atoms with Gasteiger partial charge in [-0.15, -0.1) is 0 Å². The molecule has 0 atom stereocenters. The third-order valence-electron chi connectivity index (χ3n) is 3.75. The summed E-state index contributed by atoms with van der Waals surface area (Å²) in [5.41, 5.74) is 1.93. The number of aromatic nitrogens is 1. The number of nitrogens with zero attached hydrogens (tertiary/aromatic N) is 1. The third kappa shape index (κ3) is 3.01. The Morgan fingerprint density at radius 3 is 2.67 bits per heavy atom. The molecule has 0 aliphatic rings. The zero-order chi connectivity index (χ0) is 17.1. The maximum atomic E-state index is 12.2. The summed E-state index contributed by atoms with van der Waals surface area (Å²) in [4.78, 5) is 19.2. The van der Waals surface area contributed by atoms with E-state index in [-0.39, 0.29) is 16.9 Å². The maximum absolute atomic E-state index is 12.2. The molecule has 5 heteroatoms. The molecule has 0 bridgehead atoms. The average Bonchev–Trinajstić information content (AvgIpc) is 2.56. The van der Waals surface area contributed by atoms with Crippen molar-refractivity contribution in [2.75, 3.05) is 6.61 Å². The average molecular weight is 322 g/mol. The van der Waals surface area contributed by atoms with Crippen LogP contribution < -0.4 is 10.3 Å². The lowest BCUT2D eigenvalue weighted by molar-refractivity contribution is 0.340. The van der Waals surface area contributed by atoms with Gasteiger partial charge in [0, 0.05) is 11.6 Å². The summed E-state index contributed by atoms with van der Waals surface area (Å²) in [6, 6.07) is 12.7. The monoisotopic (exact) mass is 322 g/mol. The molecule has 1 aromatic heterocycles. The Balaban J connectivity index is 2.00. The molecule has 5 nitrogen and oxygen atoms in total. The summed E-state index contributed by atoms with van der Waals surface area (Å²) >= 11 is 0. The predicted octanol–water partition coefficient (Wildman–Crippen LogP) is 3.69. The Kier molecular flexibility index (Phi) is 4.33. The standard InChI is InChI=1S/C19H18N2O3/c1-3-24-14-9-7-13(8-10-14)20-11-15-18(22)17-12(2)5-4-6-16(17)21-19(15)23/h4-11H,3H2,1-2H3,(H2,21,22,23). The van der Waals surface area contributed by atoms with Crippen molar-refractivity contribution in [2.24, 2.45) is 4.99 Å². The number of H-pyrrole nitrogens is 1. The van der Waals surface area contributed by atoms with Crippen molar-refractivity contribution in [3.8, 4) is 11.5 Å². The molecule has 122 valence electrons. The molecule has 0 aliphatic heterocycles. The number of hydrogen-bond donors (Lipinski definition) is 2. The van der Waals surface area contributed by atoms with Gasteiger partial charge < -0.3 is 14.8 Å². The highest BCUT2D eigenvalue weighted by molar-refractivity contribution is 5.96. The molecule has 0 saturated heterocycles. The van der Waals surface area contributed by atoms with Crippen LogP contribution in [0.2, 0.25) is 0 Å². The van der Waals surface area contributed by atoms with E-state index in [1.54, 1.807) is 18.2 Å². The first kappa shape index (κ1) is 15.8. The van der Waals surface area contributed by atoms with E-state index in [1.165, 1.54) is 6.21 Å². The Morgan fingerprint density at radius 2 is 1.96 bits per heavy atom. The van der Waals surface area contributed by atoms with E-state index >= 15 is 0 Å². The molecule has 0 radical (unpaired) electrons. The number of aromatic amines is 1. The number of pyridine rings is 1. The molecular formula is C19H18N2O3. The molecule has 0 spiro atoms. The Bertz CT molecular complexity index is 957. The number of fused-ring (bicyclic) bond motifs is 1. The van der Waals surface area contributed by atoms with Gasteiger partial charge in [0.05, 0.1) is 17.8 Å². The van der Waals surface area contributed by atoms with Crippen LogP contribution in [0.4, 0.5) is 5.69 Å². The van der Waals surface area contributed by atoms with E-state index in [4.69, 9.17) is 4.74 Å². The highest BCUT2D eigenvalue weighted by Gasteiger charge is 2.11. The Labute approximate surface area is 139 Å². The number of nitrogens with one attached hydrogen (secondary N) is 1. The van der Waals surface area contributed by atoms with E-state index < -0.39 is 0 Å². The quantitative estimate of drug-likeness (QED) is 0.719. The number of aliphatic imine (C=N–C) groups is 1. The van der Waals surface area contributed by atoms with Gasteiger partial charge in [-0.3, -0.25) is 9.79 Å². The zero-order valence-corrected chi connectivity index (χ0v) is 13.5. The van der Waals surface area contributed by atoms with Gasteiger partial charge in [0.2, 0.25) is 0 Å². The summed E-state index contributed by atoms with van der Waals surface area (Å²) in [7, 11) is 0. The van der Waals surface area contributed by atoms with Crippen molar-refractivity contribution in [1.82, 2.24) is 4.98 Å². The summed E-state index contributed by atoms with van der Waals surface area (Å²) in [5, 5.41) is 11.1. The molecular weight excluding hydrogens is 304 g/mol. The minimum Gasteiger partial charge on any atom is -0.506 e. The van der Waals surface area contributed by atoms with Crippen molar-refractivity contribution < 1.29 is 9.84 Å². The smallest absolute Gasteiger partial charge is 0.261 e. The number of aryl methyl sites for hydroxylation is 1. The number of rotatable bonds is 4. The van der Waals surface area contributed by atoms with E-state index in [0.29, 0.717) is 23.2 Å². The van der Waals surface area contributed by atoms with Gasteiger partial charge in [-0.25, -0.2) is 0 Å². The van der Waals surface area contributed by atoms with Gasteiger partial charge in [0.1, 0.15) is 17.1 Å². The van der Waals surface area contributed by atoms with Crippen LogP contribution in [0, 0.1) is 6.92 Å². The van der Waals surface area contributed by atoms with Crippen molar-refractivity contribution in [3.63, 3.8) is 0 Å². The van der Waals surface area contributed by atoms with Gasteiger partial charge >= 0.3 is 0 Å². The molecule has 0 fully saturated rings. The lowest BCUT2D eigenvalue weighted by atomic mass is 10.1. The van der Waals surface area contributed by atoms with Crippen LogP contribution in [-0.2, 0) is 0 Å². The van der Waals surface area contributed by atoms with Crippen LogP contribution in [0.3, 0.4) is 0 Å². The highest BCUT2D eigenvalue weighted by Crippen LogP contribution is 2.27. The number of ether oxygens (including phenoxy) is 1. The van der Waals surface area contributed by atoms with E-state index in [9.17, 15) is 9.90 Å². The Morgan fingerprint density at radius 1 is 1.21 bits per heavy atom. The first-order chi connectivity index (χ1) is 11.6. The second kappa shape index (κ2) is 6.58. The first-order valence-electron chi connectivity index (χ1n) is 7.71. The number of hydrogen-bond acceptors (Lipinski definition) is 4. The normalized spacial score (nSPS) is 11.2. The fraction of sp³-hybridized carbons (Fsp3) is 0.158. The first-order valence-corrected chi connectivity index (χ1v) is 7.71. The van der Waals surface area contributed by atoms with E-state index in [2.05, 4.69) is 9.98 Å². The fourth-order valence-corrected chi connectivity index (χ4v) is 2.57. The van der Waals surface area contributed by atoms with Crippen LogP contribution in [-0.4, -0.2) is 22.9 Å². The van der Waals surface area contributed by atoms with Crippen molar-refractivity contribution in [3.05, 3.63) is 63.9 Å². The molecule has 0 amide bonds. The SMILES string of the molecule is CCOc1ccc(N=Cc2c(O)c3c(C)cccc3[nH]c2=O)cc1. The molecule has 1 heterocycles. The molecule has 0 saturated carbocycles. The number of benzene rings is 2. The third-order valence-corrected chi connectivity index (χ3v) is 3.75. The molecule has 3 aromatic rings. The summed E-state index contributed by atoms with van der Waals surface area (Å²) in [6.07, 6.45) is 1.38. The predicted molar refractivity (Wildman–Crippen MR) is 95.8 cm³/mol. The van der Waals surface area contributed by atoms with Crippen LogP contribution in [0.15, 0.2) is 52.3 Å². The Hall–Kier alpha value is -3.08. The van der Waals surface area contributed by atoms with Crippen molar-refractivity contribution in [1.29, 1.82) is 0 Å². The fourth-order valence-electron chi connectivity index (χ4n) is 2.57. The van der Waals surface area contributed by atoms with Gasteiger partial charge in [0.25, 0.3) is 5.56 Å². The van der Waals surface area contributed by atoms with Crippen LogP contribution in [0.1, 0.15) is 18.1 Å². The lowest BCUT2D eigenvalue weighted by Gasteiger charge is -2.06. The van der Waals surface area contributed by atoms with Crippen molar-refractivity contribution >= 4 is 22.8 Å². The van der Waals surface area contributed by atoms with Gasteiger partial charge in [-0.2, -0.15) is 0 Å². The molecule has 3 rings (SSSR count). The summed E-state index contributed by atoms with van der Waals surface area (Å²) < 4.78 is 5.38. The van der Waals surface area contributed by atoms with Gasteiger partial charge in [-0.1, -0.05) is 12.1 Å². The minimum atomic E-state index is -0.375.